The summed E-state index contributed by atoms with van der Waals surface area (Å²) < 4.78 is 5.24. The summed E-state index contributed by atoms with van der Waals surface area (Å²) in [7, 11) is 1.62. The molecular weight excluding hydrogens is 240 g/mol. The molecular formula is C15H16N2O2. The standard InChI is InChI=1S/C15H16N2O2/c1-11-7-8-13(10-16-11)15(18)17-9-12-5-3-4-6-14(12)19-2/h3-8,10H,9H2,1-2H3,(H,17,18). The lowest BCUT2D eigenvalue weighted by Crippen LogP contribution is -2.23. The van der Waals surface area contributed by atoms with Gasteiger partial charge in [-0.2, -0.15) is 0 Å². The number of para-hydroxylation sites is 1. The van der Waals surface area contributed by atoms with Crippen LogP contribution in [-0.4, -0.2) is 18.0 Å². The first-order chi connectivity index (χ1) is 9.20. The summed E-state index contributed by atoms with van der Waals surface area (Å²) in [5, 5.41) is 2.85. The first-order valence-corrected chi connectivity index (χ1v) is 6.03. The highest BCUT2D eigenvalue weighted by Gasteiger charge is 2.07. The van der Waals surface area contributed by atoms with Crippen molar-refractivity contribution >= 4 is 5.91 Å². The minimum Gasteiger partial charge on any atom is -0.496 e. The van der Waals surface area contributed by atoms with E-state index in [1.54, 1.807) is 19.4 Å². The molecule has 19 heavy (non-hydrogen) atoms. The summed E-state index contributed by atoms with van der Waals surface area (Å²) in [5.74, 6) is 0.628. The number of aromatic nitrogens is 1. The Morgan fingerprint density at radius 2 is 2.05 bits per heavy atom. The van der Waals surface area contributed by atoms with Crippen molar-refractivity contribution < 1.29 is 9.53 Å². The van der Waals surface area contributed by atoms with Gasteiger partial charge in [0.25, 0.3) is 5.91 Å². The average molecular weight is 256 g/mol. The molecule has 2 rings (SSSR count). The number of hydrogen-bond acceptors (Lipinski definition) is 3. The average Bonchev–Trinajstić information content (AvgIpc) is 2.45. The van der Waals surface area contributed by atoms with Crippen LogP contribution in [0.4, 0.5) is 0 Å². The van der Waals surface area contributed by atoms with Gasteiger partial charge in [0, 0.05) is 24.0 Å². The number of pyridine rings is 1. The summed E-state index contributed by atoms with van der Waals surface area (Å²) in [4.78, 5) is 16.0. The van der Waals surface area contributed by atoms with E-state index in [1.165, 1.54) is 0 Å². The Labute approximate surface area is 112 Å². The molecule has 2 aromatic rings. The number of nitrogens with one attached hydrogen (secondary N) is 1. The van der Waals surface area contributed by atoms with Crippen molar-refractivity contribution in [3.8, 4) is 5.75 Å². The van der Waals surface area contributed by atoms with Gasteiger partial charge in [-0.25, -0.2) is 0 Å². The number of aryl methyl sites for hydroxylation is 1. The number of methoxy groups -OCH3 is 1. The van der Waals surface area contributed by atoms with Crippen molar-refractivity contribution in [1.82, 2.24) is 10.3 Å². The summed E-state index contributed by atoms with van der Waals surface area (Å²) in [5.41, 5.74) is 2.39. The molecule has 1 N–H and O–H groups in total. The van der Waals surface area contributed by atoms with Crippen LogP contribution < -0.4 is 10.1 Å². The van der Waals surface area contributed by atoms with E-state index in [0.29, 0.717) is 12.1 Å². The van der Waals surface area contributed by atoms with Crippen LogP contribution >= 0.6 is 0 Å². The normalized spacial score (nSPS) is 10.0. The number of nitrogens with zero attached hydrogens (tertiary/aromatic N) is 1. The van der Waals surface area contributed by atoms with E-state index in [-0.39, 0.29) is 5.91 Å². The van der Waals surface area contributed by atoms with Gasteiger partial charge < -0.3 is 10.1 Å². The van der Waals surface area contributed by atoms with Gasteiger partial charge in [-0.15, -0.1) is 0 Å². The van der Waals surface area contributed by atoms with Gasteiger partial charge in [-0.3, -0.25) is 9.78 Å². The molecule has 0 aliphatic rings. The van der Waals surface area contributed by atoms with Gasteiger partial charge in [0.2, 0.25) is 0 Å². The van der Waals surface area contributed by atoms with Crippen molar-refractivity contribution in [2.24, 2.45) is 0 Å². The lowest BCUT2D eigenvalue weighted by Gasteiger charge is -2.09. The van der Waals surface area contributed by atoms with Crippen LogP contribution in [0, 0.1) is 6.92 Å². The second kappa shape index (κ2) is 6.00. The summed E-state index contributed by atoms with van der Waals surface area (Å²) in [6.07, 6.45) is 1.58. The molecule has 0 radical (unpaired) electrons. The Hall–Kier alpha value is -2.36. The van der Waals surface area contributed by atoms with Crippen molar-refractivity contribution in [3.05, 3.63) is 59.4 Å². The zero-order valence-electron chi connectivity index (χ0n) is 11.0. The van der Waals surface area contributed by atoms with Crippen LogP contribution in [0.15, 0.2) is 42.6 Å². The Morgan fingerprint density at radius 1 is 1.26 bits per heavy atom. The number of carbonyl (C=O) groups is 1. The van der Waals surface area contributed by atoms with Gasteiger partial charge >= 0.3 is 0 Å². The fourth-order valence-electron chi connectivity index (χ4n) is 1.73. The number of amides is 1. The van der Waals surface area contributed by atoms with Gasteiger partial charge in [0.15, 0.2) is 0 Å². The highest BCUT2D eigenvalue weighted by atomic mass is 16.5. The molecule has 0 atom stereocenters. The summed E-state index contributed by atoms with van der Waals surface area (Å²) in [6.45, 7) is 2.31. The summed E-state index contributed by atoms with van der Waals surface area (Å²) >= 11 is 0. The van der Waals surface area contributed by atoms with E-state index in [4.69, 9.17) is 4.74 Å². The molecule has 0 saturated heterocycles. The Kier molecular flexibility index (Phi) is 4.13. The van der Waals surface area contributed by atoms with Crippen molar-refractivity contribution in [2.75, 3.05) is 7.11 Å². The van der Waals surface area contributed by atoms with E-state index >= 15 is 0 Å². The zero-order valence-corrected chi connectivity index (χ0v) is 11.0. The Balaban J connectivity index is 2.02. The maximum atomic E-state index is 11.9. The van der Waals surface area contributed by atoms with E-state index in [1.807, 2.05) is 37.3 Å². The number of hydrogen-bond donors (Lipinski definition) is 1. The minimum atomic E-state index is -0.140. The topological polar surface area (TPSA) is 51.2 Å². The maximum absolute atomic E-state index is 11.9. The molecule has 0 fully saturated rings. The molecule has 0 aliphatic heterocycles. The molecule has 0 spiro atoms. The third-order valence-corrected chi connectivity index (χ3v) is 2.81. The number of carbonyl (C=O) groups excluding carboxylic acids is 1. The minimum absolute atomic E-state index is 0.140. The van der Waals surface area contributed by atoms with Gasteiger partial charge in [-0.1, -0.05) is 18.2 Å². The third kappa shape index (κ3) is 3.31. The van der Waals surface area contributed by atoms with Crippen LogP contribution in [0.3, 0.4) is 0 Å². The van der Waals surface area contributed by atoms with Gasteiger partial charge in [0.1, 0.15) is 5.75 Å². The van der Waals surface area contributed by atoms with E-state index in [0.717, 1.165) is 17.0 Å². The van der Waals surface area contributed by atoms with E-state index in [9.17, 15) is 4.79 Å². The molecule has 4 heteroatoms. The highest BCUT2D eigenvalue weighted by molar-refractivity contribution is 5.93. The first kappa shape index (κ1) is 13.1. The first-order valence-electron chi connectivity index (χ1n) is 6.03. The van der Waals surface area contributed by atoms with Crippen LogP contribution in [-0.2, 0) is 6.54 Å². The molecule has 4 nitrogen and oxygen atoms in total. The van der Waals surface area contributed by atoms with E-state index < -0.39 is 0 Å². The fraction of sp³-hybridized carbons (Fsp3) is 0.200. The lowest BCUT2D eigenvalue weighted by molar-refractivity contribution is 0.0950. The largest absolute Gasteiger partial charge is 0.496 e. The highest BCUT2D eigenvalue weighted by Crippen LogP contribution is 2.16. The molecule has 1 amide bonds. The number of rotatable bonds is 4. The second-order valence-corrected chi connectivity index (χ2v) is 4.18. The predicted octanol–water partition coefficient (Wildman–Crippen LogP) is 2.33. The third-order valence-electron chi connectivity index (χ3n) is 2.81. The summed E-state index contributed by atoms with van der Waals surface area (Å²) in [6, 6.07) is 11.2. The molecule has 0 unspecified atom stereocenters. The predicted molar refractivity (Wildman–Crippen MR) is 73.1 cm³/mol. The molecule has 0 bridgehead atoms. The SMILES string of the molecule is COc1ccccc1CNC(=O)c1ccc(C)nc1. The van der Waals surface area contributed by atoms with Gasteiger partial charge in [0.05, 0.1) is 12.7 Å². The molecule has 98 valence electrons. The van der Waals surface area contributed by atoms with Gasteiger partial charge in [-0.05, 0) is 25.1 Å². The maximum Gasteiger partial charge on any atom is 0.253 e. The smallest absolute Gasteiger partial charge is 0.253 e. The Bertz CT molecular complexity index is 565. The quantitative estimate of drug-likeness (QED) is 0.913. The second-order valence-electron chi connectivity index (χ2n) is 4.18. The zero-order chi connectivity index (χ0) is 13.7. The van der Waals surface area contributed by atoms with Crippen molar-refractivity contribution in [3.63, 3.8) is 0 Å². The monoisotopic (exact) mass is 256 g/mol. The van der Waals surface area contributed by atoms with Crippen molar-refractivity contribution in [1.29, 1.82) is 0 Å². The lowest BCUT2D eigenvalue weighted by atomic mass is 10.2. The molecule has 1 heterocycles. The molecule has 0 saturated carbocycles. The van der Waals surface area contributed by atoms with Crippen LogP contribution in [0.5, 0.6) is 5.75 Å². The fourth-order valence-corrected chi connectivity index (χ4v) is 1.73. The van der Waals surface area contributed by atoms with E-state index in [2.05, 4.69) is 10.3 Å². The van der Waals surface area contributed by atoms with Crippen LogP contribution in [0.1, 0.15) is 21.6 Å². The Morgan fingerprint density at radius 3 is 2.74 bits per heavy atom. The number of ether oxygens (including phenoxy) is 1. The molecule has 1 aromatic carbocycles. The van der Waals surface area contributed by atoms with Crippen LogP contribution in [0.2, 0.25) is 0 Å². The molecule has 1 aromatic heterocycles. The molecule has 0 aliphatic carbocycles. The van der Waals surface area contributed by atoms with Crippen LogP contribution in [0.25, 0.3) is 0 Å². The van der Waals surface area contributed by atoms with Crippen molar-refractivity contribution in [2.45, 2.75) is 13.5 Å². The number of benzene rings is 1.